The summed E-state index contributed by atoms with van der Waals surface area (Å²) < 4.78 is 14.1. The fourth-order valence-electron chi connectivity index (χ4n) is 1.99. The van der Waals surface area contributed by atoms with Crippen LogP contribution in [-0.4, -0.2) is 5.11 Å². The fourth-order valence-corrected chi connectivity index (χ4v) is 2.56. The fraction of sp³-hybridized carbons (Fsp3) is 0.200. The molecule has 2 aromatic rings. The lowest BCUT2D eigenvalue weighted by atomic mass is 9.98. The van der Waals surface area contributed by atoms with Gasteiger partial charge >= 0.3 is 0 Å². The number of aliphatic hydroxyl groups is 1. The number of benzene rings is 2. The molecule has 0 aliphatic heterocycles. The molecular formula is C15H13BrClFO. The molecule has 1 nitrogen and oxygen atoms in total. The van der Waals surface area contributed by atoms with Crippen molar-refractivity contribution in [1.82, 2.24) is 0 Å². The van der Waals surface area contributed by atoms with E-state index in [1.54, 1.807) is 0 Å². The number of aryl methyl sites for hydroxylation is 1. The molecule has 19 heavy (non-hydrogen) atoms. The molecule has 0 aliphatic carbocycles. The summed E-state index contributed by atoms with van der Waals surface area (Å²) in [6.45, 7) is 1.93. The Morgan fingerprint density at radius 3 is 2.74 bits per heavy atom. The molecule has 1 unspecified atom stereocenters. The third-order valence-electron chi connectivity index (χ3n) is 3.02. The molecule has 2 aromatic carbocycles. The van der Waals surface area contributed by atoms with E-state index in [0.29, 0.717) is 10.6 Å². The zero-order chi connectivity index (χ0) is 14.0. The van der Waals surface area contributed by atoms with Crippen LogP contribution in [0.2, 0.25) is 5.02 Å². The Morgan fingerprint density at radius 2 is 2.00 bits per heavy atom. The molecular weight excluding hydrogens is 331 g/mol. The molecule has 1 atom stereocenters. The lowest BCUT2D eigenvalue weighted by Crippen LogP contribution is -2.04. The van der Waals surface area contributed by atoms with Crippen molar-refractivity contribution >= 4 is 27.5 Å². The average Bonchev–Trinajstić information content (AvgIpc) is 2.36. The molecule has 0 saturated carbocycles. The lowest BCUT2D eigenvalue weighted by Gasteiger charge is -2.15. The van der Waals surface area contributed by atoms with E-state index in [1.807, 2.05) is 25.1 Å². The first-order chi connectivity index (χ1) is 8.97. The smallest absolute Gasteiger partial charge is 0.123 e. The standard InChI is InChI=1S/C15H13BrClFO/c1-9-2-3-11(16)8-13(9)15(19)7-10-6-12(18)4-5-14(10)17/h2-6,8,15,19H,7H2,1H3. The Morgan fingerprint density at radius 1 is 1.26 bits per heavy atom. The Kier molecular flexibility index (Phi) is 4.61. The second kappa shape index (κ2) is 6.04. The molecule has 0 aromatic heterocycles. The quantitative estimate of drug-likeness (QED) is 0.846. The summed E-state index contributed by atoms with van der Waals surface area (Å²) in [5.41, 5.74) is 2.41. The average molecular weight is 344 g/mol. The highest BCUT2D eigenvalue weighted by molar-refractivity contribution is 9.10. The first-order valence-electron chi connectivity index (χ1n) is 5.85. The van der Waals surface area contributed by atoms with Crippen molar-refractivity contribution in [2.45, 2.75) is 19.4 Å². The molecule has 0 saturated heterocycles. The highest BCUT2D eigenvalue weighted by atomic mass is 79.9. The van der Waals surface area contributed by atoms with Crippen LogP contribution in [0.25, 0.3) is 0 Å². The van der Waals surface area contributed by atoms with Crippen LogP contribution in [0, 0.1) is 12.7 Å². The minimum atomic E-state index is -0.711. The van der Waals surface area contributed by atoms with Gasteiger partial charge in [0.15, 0.2) is 0 Å². The number of aliphatic hydroxyl groups excluding tert-OH is 1. The van der Waals surface area contributed by atoms with Crippen LogP contribution in [0.15, 0.2) is 40.9 Å². The van der Waals surface area contributed by atoms with Crippen molar-refractivity contribution in [1.29, 1.82) is 0 Å². The number of hydrogen-bond donors (Lipinski definition) is 1. The van der Waals surface area contributed by atoms with Crippen LogP contribution in [0.3, 0.4) is 0 Å². The van der Waals surface area contributed by atoms with Crippen molar-refractivity contribution in [2.24, 2.45) is 0 Å². The molecule has 2 rings (SSSR count). The summed E-state index contributed by atoms with van der Waals surface area (Å²) in [5.74, 6) is -0.349. The number of halogens is 3. The summed E-state index contributed by atoms with van der Waals surface area (Å²) in [6, 6.07) is 9.89. The summed E-state index contributed by atoms with van der Waals surface area (Å²) in [6.07, 6.45) is -0.426. The van der Waals surface area contributed by atoms with Crippen LogP contribution in [0.1, 0.15) is 22.8 Å². The maximum absolute atomic E-state index is 13.2. The first-order valence-corrected chi connectivity index (χ1v) is 7.02. The molecule has 0 amide bonds. The number of rotatable bonds is 3. The molecule has 0 aliphatic rings. The Bertz CT molecular complexity index is 601. The van der Waals surface area contributed by atoms with Gasteiger partial charge in [0, 0.05) is 15.9 Å². The Labute approximate surface area is 125 Å². The molecule has 0 heterocycles. The number of hydrogen-bond acceptors (Lipinski definition) is 1. The minimum absolute atomic E-state index is 0.286. The Hall–Kier alpha value is -0.900. The van der Waals surface area contributed by atoms with Gasteiger partial charge in [0.05, 0.1) is 6.10 Å². The van der Waals surface area contributed by atoms with Gasteiger partial charge in [0.25, 0.3) is 0 Å². The van der Waals surface area contributed by atoms with Crippen LogP contribution in [0.4, 0.5) is 4.39 Å². The SMILES string of the molecule is Cc1ccc(Br)cc1C(O)Cc1cc(F)ccc1Cl. The van der Waals surface area contributed by atoms with E-state index in [-0.39, 0.29) is 12.2 Å². The zero-order valence-corrected chi connectivity index (χ0v) is 12.7. The third-order valence-corrected chi connectivity index (χ3v) is 3.88. The summed E-state index contributed by atoms with van der Waals surface area (Å²) in [7, 11) is 0. The van der Waals surface area contributed by atoms with Gasteiger partial charge in [-0.15, -0.1) is 0 Å². The van der Waals surface area contributed by atoms with Crippen LogP contribution >= 0.6 is 27.5 Å². The summed E-state index contributed by atoms with van der Waals surface area (Å²) in [4.78, 5) is 0. The van der Waals surface area contributed by atoms with Crippen LogP contribution < -0.4 is 0 Å². The van der Waals surface area contributed by atoms with Gasteiger partial charge in [0.1, 0.15) is 5.82 Å². The van der Waals surface area contributed by atoms with Gasteiger partial charge in [-0.05, 0) is 53.9 Å². The lowest BCUT2D eigenvalue weighted by molar-refractivity contribution is 0.177. The third kappa shape index (κ3) is 3.56. The highest BCUT2D eigenvalue weighted by Gasteiger charge is 2.14. The van der Waals surface area contributed by atoms with Crippen LogP contribution in [0.5, 0.6) is 0 Å². The maximum atomic E-state index is 13.2. The predicted molar refractivity (Wildman–Crippen MR) is 79.0 cm³/mol. The van der Waals surface area contributed by atoms with Gasteiger partial charge in [0.2, 0.25) is 0 Å². The second-order valence-electron chi connectivity index (χ2n) is 4.46. The molecule has 100 valence electrons. The van der Waals surface area contributed by atoms with Gasteiger partial charge in [-0.2, -0.15) is 0 Å². The van der Waals surface area contributed by atoms with E-state index < -0.39 is 6.10 Å². The van der Waals surface area contributed by atoms with Crippen molar-refractivity contribution in [3.05, 3.63) is 68.4 Å². The van der Waals surface area contributed by atoms with Crippen molar-refractivity contribution in [3.8, 4) is 0 Å². The van der Waals surface area contributed by atoms with Gasteiger partial charge in [-0.25, -0.2) is 4.39 Å². The van der Waals surface area contributed by atoms with Crippen molar-refractivity contribution in [2.75, 3.05) is 0 Å². The Balaban J connectivity index is 2.27. The van der Waals surface area contributed by atoms with E-state index in [1.165, 1.54) is 18.2 Å². The molecule has 4 heteroatoms. The monoisotopic (exact) mass is 342 g/mol. The van der Waals surface area contributed by atoms with E-state index in [4.69, 9.17) is 11.6 Å². The molecule has 1 N–H and O–H groups in total. The summed E-state index contributed by atoms with van der Waals surface area (Å²) in [5, 5.41) is 10.8. The largest absolute Gasteiger partial charge is 0.388 e. The minimum Gasteiger partial charge on any atom is -0.388 e. The van der Waals surface area contributed by atoms with E-state index in [2.05, 4.69) is 15.9 Å². The topological polar surface area (TPSA) is 20.2 Å². The van der Waals surface area contributed by atoms with Crippen LogP contribution in [-0.2, 0) is 6.42 Å². The van der Waals surface area contributed by atoms with Gasteiger partial charge in [-0.3, -0.25) is 0 Å². The second-order valence-corrected chi connectivity index (χ2v) is 5.78. The molecule has 0 fully saturated rings. The molecule has 0 radical (unpaired) electrons. The molecule has 0 spiro atoms. The van der Waals surface area contributed by atoms with Gasteiger partial charge < -0.3 is 5.11 Å². The first kappa shape index (κ1) is 14.5. The predicted octanol–water partition coefficient (Wildman–Crippen LogP) is 4.83. The zero-order valence-electron chi connectivity index (χ0n) is 10.3. The van der Waals surface area contributed by atoms with E-state index in [9.17, 15) is 9.50 Å². The van der Waals surface area contributed by atoms with E-state index >= 15 is 0 Å². The normalized spacial score (nSPS) is 12.5. The van der Waals surface area contributed by atoms with Gasteiger partial charge in [-0.1, -0.05) is 33.6 Å². The van der Waals surface area contributed by atoms with Crippen molar-refractivity contribution in [3.63, 3.8) is 0 Å². The van der Waals surface area contributed by atoms with E-state index in [0.717, 1.165) is 15.6 Å². The molecule has 0 bridgehead atoms. The van der Waals surface area contributed by atoms with Crippen molar-refractivity contribution < 1.29 is 9.50 Å². The maximum Gasteiger partial charge on any atom is 0.123 e. The highest BCUT2D eigenvalue weighted by Crippen LogP contribution is 2.27. The summed E-state index contributed by atoms with van der Waals surface area (Å²) >= 11 is 9.39.